The number of hydrogen-bond acceptors (Lipinski definition) is 4. The van der Waals surface area contributed by atoms with Crippen LogP contribution in [-0.2, 0) is 6.42 Å². The molecule has 7 heteroatoms. The molecule has 0 heterocycles. The van der Waals surface area contributed by atoms with Gasteiger partial charge in [0, 0.05) is 30.8 Å². The van der Waals surface area contributed by atoms with Crippen LogP contribution in [0.5, 0.6) is 17.2 Å². The van der Waals surface area contributed by atoms with E-state index in [1.54, 1.807) is 21.3 Å². The molecule has 0 spiro atoms. The molecule has 1 aromatic rings. The molecule has 6 nitrogen and oxygen atoms in total. The summed E-state index contributed by atoms with van der Waals surface area (Å²) in [4.78, 5) is 4.34. The molecule has 0 aromatic heterocycles. The van der Waals surface area contributed by atoms with E-state index in [4.69, 9.17) is 19.9 Å². The number of guanidine groups is 1. The van der Waals surface area contributed by atoms with Crippen LogP contribution in [0.3, 0.4) is 0 Å². The molecule has 0 aliphatic rings. The van der Waals surface area contributed by atoms with Crippen molar-refractivity contribution in [2.24, 2.45) is 10.7 Å². The van der Waals surface area contributed by atoms with Crippen molar-refractivity contribution in [2.45, 2.75) is 39.0 Å². The van der Waals surface area contributed by atoms with E-state index < -0.39 is 0 Å². The summed E-state index contributed by atoms with van der Waals surface area (Å²) < 4.78 is 16.1. The Kier molecular flexibility index (Phi) is 13.1. The molecule has 0 bridgehead atoms. The Morgan fingerprint density at radius 1 is 1.04 bits per heavy atom. The van der Waals surface area contributed by atoms with Crippen molar-refractivity contribution in [2.75, 3.05) is 34.4 Å². The first-order valence-corrected chi connectivity index (χ1v) is 8.48. The summed E-state index contributed by atoms with van der Waals surface area (Å²) in [6.07, 6.45) is 5.47. The molecule has 3 N–H and O–H groups in total. The van der Waals surface area contributed by atoms with E-state index in [2.05, 4.69) is 17.2 Å². The van der Waals surface area contributed by atoms with E-state index in [1.165, 1.54) is 19.3 Å². The van der Waals surface area contributed by atoms with E-state index >= 15 is 0 Å². The Bertz CT molecular complexity index is 499. The van der Waals surface area contributed by atoms with Crippen LogP contribution < -0.4 is 25.3 Å². The minimum absolute atomic E-state index is 0. The van der Waals surface area contributed by atoms with E-state index in [-0.39, 0.29) is 24.0 Å². The number of nitrogens with one attached hydrogen (secondary N) is 1. The zero-order valence-corrected chi connectivity index (χ0v) is 18.1. The first kappa shape index (κ1) is 23.6. The van der Waals surface area contributed by atoms with Gasteiger partial charge in [0.25, 0.3) is 0 Å². The Labute approximate surface area is 168 Å². The number of unbranched alkanes of at least 4 members (excludes halogenated alkanes) is 3. The topological polar surface area (TPSA) is 78.1 Å². The fourth-order valence-corrected chi connectivity index (χ4v) is 2.43. The van der Waals surface area contributed by atoms with Gasteiger partial charge in [0.2, 0.25) is 0 Å². The number of halogens is 1. The summed E-state index contributed by atoms with van der Waals surface area (Å²) in [6, 6.07) is 3.70. The van der Waals surface area contributed by atoms with Gasteiger partial charge in [-0.2, -0.15) is 0 Å². The number of aliphatic imine (C=N–C) groups is 1. The van der Waals surface area contributed by atoms with Crippen LogP contribution in [0.1, 0.15) is 38.2 Å². The summed E-state index contributed by atoms with van der Waals surface area (Å²) >= 11 is 0. The van der Waals surface area contributed by atoms with Crippen LogP contribution in [0.2, 0.25) is 0 Å². The lowest BCUT2D eigenvalue weighted by atomic mass is 10.1. The molecule has 0 fully saturated rings. The summed E-state index contributed by atoms with van der Waals surface area (Å²) in [5, 5.41) is 3.14. The maximum absolute atomic E-state index is 5.90. The maximum atomic E-state index is 5.90. The molecular formula is C18H32IN3O3. The Morgan fingerprint density at radius 2 is 1.68 bits per heavy atom. The van der Waals surface area contributed by atoms with Gasteiger partial charge < -0.3 is 25.3 Å². The van der Waals surface area contributed by atoms with Crippen molar-refractivity contribution in [3.8, 4) is 17.2 Å². The number of ether oxygens (including phenoxy) is 3. The van der Waals surface area contributed by atoms with Crippen LogP contribution in [-0.4, -0.2) is 40.4 Å². The first-order valence-electron chi connectivity index (χ1n) is 8.48. The summed E-state index contributed by atoms with van der Waals surface area (Å²) in [5.74, 6) is 2.66. The summed E-state index contributed by atoms with van der Waals surface area (Å²) in [5.41, 5.74) is 6.87. The molecule has 0 saturated carbocycles. The third-order valence-electron chi connectivity index (χ3n) is 3.79. The van der Waals surface area contributed by atoms with Crippen LogP contribution in [0.25, 0.3) is 0 Å². The second kappa shape index (κ2) is 13.9. The second-order valence-corrected chi connectivity index (χ2v) is 5.51. The highest BCUT2D eigenvalue weighted by Crippen LogP contribution is 2.34. The lowest BCUT2D eigenvalue weighted by Gasteiger charge is -2.15. The molecule has 1 rings (SSSR count). The number of nitrogens with zero attached hydrogens (tertiary/aromatic N) is 1. The van der Waals surface area contributed by atoms with Crippen LogP contribution >= 0.6 is 24.0 Å². The van der Waals surface area contributed by atoms with E-state index in [0.29, 0.717) is 24.7 Å². The summed E-state index contributed by atoms with van der Waals surface area (Å²) in [6.45, 7) is 3.62. The fourth-order valence-electron chi connectivity index (χ4n) is 2.43. The lowest BCUT2D eigenvalue weighted by molar-refractivity contribution is 0.368. The van der Waals surface area contributed by atoms with E-state index in [1.807, 2.05) is 12.1 Å². The highest BCUT2D eigenvalue weighted by Gasteiger charge is 2.12. The monoisotopic (exact) mass is 465 g/mol. The molecule has 0 unspecified atom stereocenters. The number of nitrogens with two attached hydrogens (primary N) is 1. The maximum Gasteiger partial charge on any atom is 0.188 e. The van der Waals surface area contributed by atoms with Crippen LogP contribution in [0.15, 0.2) is 17.1 Å². The smallest absolute Gasteiger partial charge is 0.188 e. The van der Waals surface area contributed by atoms with Crippen molar-refractivity contribution in [1.29, 1.82) is 0 Å². The fraction of sp³-hybridized carbons (Fsp3) is 0.611. The quantitative estimate of drug-likeness (QED) is 0.227. The number of hydrogen-bond donors (Lipinski definition) is 2. The predicted molar refractivity (Wildman–Crippen MR) is 114 cm³/mol. The van der Waals surface area contributed by atoms with Gasteiger partial charge in [-0.1, -0.05) is 26.2 Å². The first-order chi connectivity index (χ1) is 11.7. The van der Waals surface area contributed by atoms with Gasteiger partial charge in [-0.3, -0.25) is 4.99 Å². The van der Waals surface area contributed by atoms with Gasteiger partial charge in [0.1, 0.15) is 17.2 Å². The number of methoxy groups -OCH3 is 3. The zero-order chi connectivity index (χ0) is 17.8. The van der Waals surface area contributed by atoms with Crippen molar-refractivity contribution in [1.82, 2.24) is 5.32 Å². The molecule has 144 valence electrons. The zero-order valence-electron chi connectivity index (χ0n) is 15.8. The largest absolute Gasteiger partial charge is 0.496 e. The Morgan fingerprint density at radius 3 is 2.20 bits per heavy atom. The highest BCUT2D eigenvalue weighted by atomic mass is 127. The van der Waals surface area contributed by atoms with Gasteiger partial charge in [0.05, 0.1) is 21.3 Å². The SMILES string of the molecule is CCCCCCN=C(N)NCCc1c(OC)cc(OC)cc1OC.I. The molecule has 0 atom stereocenters. The van der Waals surface area contributed by atoms with Crippen LogP contribution in [0.4, 0.5) is 0 Å². The molecule has 0 saturated heterocycles. The molecule has 0 radical (unpaired) electrons. The normalized spacial score (nSPS) is 10.8. The average molecular weight is 465 g/mol. The molecule has 25 heavy (non-hydrogen) atoms. The molecule has 1 aromatic carbocycles. The average Bonchev–Trinajstić information content (AvgIpc) is 2.61. The van der Waals surface area contributed by atoms with Gasteiger partial charge in [-0.25, -0.2) is 0 Å². The molecular weight excluding hydrogens is 433 g/mol. The standard InChI is InChI=1S/C18H31N3O3.HI/c1-5-6-7-8-10-20-18(19)21-11-9-15-16(23-3)12-14(22-2)13-17(15)24-4;/h12-13H,5-11H2,1-4H3,(H3,19,20,21);1H. The van der Waals surface area contributed by atoms with Gasteiger partial charge in [-0.05, 0) is 12.8 Å². The number of benzene rings is 1. The predicted octanol–water partition coefficient (Wildman–Crippen LogP) is 3.36. The van der Waals surface area contributed by atoms with E-state index in [0.717, 1.165) is 30.0 Å². The lowest BCUT2D eigenvalue weighted by Crippen LogP contribution is -2.33. The molecule has 0 aliphatic heterocycles. The van der Waals surface area contributed by atoms with Gasteiger partial charge >= 0.3 is 0 Å². The van der Waals surface area contributed by atoms with Crippen molar-refractivity contribution >= 4 is 29.9 Å². The minimum Gasteiger partial charge on any atom is -0.496 e. The number of rotatable bonds is 11. The third-order valence-corrected chi connectivity index (χ3v) is 3.79. The van der Waals surface area contributed by atoms with E-state index in [9.17, 15) is 0 Å². The minimum atomic E-state index is 0. The Balaban J connectivity index is 0.00000576. The van der Waals surface area contributed by atoms with Gasteiger partial charge in [0.15, 0.2) is 5.96 Å². The van der Waals surface area contributed by atoms with Crippen LogP contribution in [0, 0.1) is 0 Å². The molecule has 0 aliphatic carbocycles. The third kappa shape index (κ3) is 8.51. The second-order valence-electron chi connectivity index (χ2n) is 5.51. The van der Waals surface area contributed by atoms with Crippen molar-refractivity contribution in [3.05, 3.63) is 17.7 Å². The van der Waals surface area contributed by atoms with Crippen molar-refractivity contribution in [3.63, 3.8) is 0 Å². The van der Waals surface area contributed by atoms with Crippen molar-refractivity contribution < 1.29 is 14.2 Å². The van der Waals surface area contributed by atoms with Gasteiger partial charge in [-0.15, -0.1) is 24.0 Å². The Hall–Kier alpha value is -1.38. The highest BCUT2D eigenvalue weighted by molar-refractivity contribution is 14.0. The summed E-state index contributed by atoms with van der Waals surface area (Å²) in [7, 11) is 4.89. The molecule has 0 amide bonds.